The van der Waals surface area contributed by atoms with E-state index in [1.165, 1.54) is 57.8 Å². The van der Waals surface area contributed by atoms with Crippen molar-refractivity contribution in [3.05, 3.63) is 72.9 Å². The summed E-state index contributed by atoms with van der Waals surface area (Å²) in [5, 5.41) is 9.62. The Morgan fingerprint density at radius 2 is 1.00 bits per heavy atom. The molecule has 8 nitrogen and oxygen atoms in total. The summed E-state index contributed by atoms with van der Waals surface area (Å²) in [6, 6.07) is -0.629. The zero-order chi connectivity index (χ0) is 42.1. The Bertz CT molecular complexity index is 1160. The van der Waals surface area contributed by atoms with Gasteiger partial charge in [-0.15, -0.1) is 0 Å². The summed E-state index contributed by atoms with van der Waals surface area (Å²) in [6.07, 6.45) is 49.5. The van der Waals surface area contributed by atoms with Gasteiger partial charge in [-0.05, 0) is 77.0 Å². The van der Waals surface area contributed by atoms with E-state index in [-0.39, 0.29) is 42.7 Å². The molecule has 8 heteroatoms. The standard InChI is InChI=1S/C49H83NO7/c1-6-8-10-12-14-16-18-20-22-24-26-28-30-32-34-36-38-40-48(52)57-45(43-55-42-41-46(49(53)54)50(3,4)5)44-56-47(51)39-37-35-33-31-29-27-25-23-21-19-17-15-13-11-9-7-2/h8,10,14,16,20,22-23,25-26,28,32,34,45-46H,6-7,9,11-13,15,17-19,21,24,27,29-31,33,35-44H2,1-5H3/p+1/b10-8+,16-14+,22-20+,25-23+,28-26+,34-32+. The maximum Gasteiger partial charge on any atom is 0.362 e. The van der Waals surface area contributed by atoms with E-state index < -0.39 is 18.1 Å². The van der Waals surface area contributed by atoms with Crippen molar-refractivity contribution < 1.29 is 38.2 Å². The molecule has 1 N–H and O–H groups in total. The quantitative estimate of drug-likeness (QED) is 0.0286. The number of carboxylic acids is 1. The molecule has 0 saturated heterocycles. The van der Waals surface area contributed by atoms with E-state index in [1.54, 1.807) is 0 Å². The number of nitrogens with zero attached hydrogens (tertiary/aromatic N) is 1. The van der Waals surface area contributed by atoms with Gasteiger partial charge in [-0.25, -0.2) is 4.79 Å². The van der Waals surface area contributed by atoms with Crippen LogP contribution in [0.25, 0.3) is 0 Å². The Labute approximate surface area is 349 Å². The smallest absolute Gasteiger partial charge is 0.362 e. The molecule has 0 aromatic heterocycles. The fourth-order valence-corrected chi connectivity index (χ4v) is 6.12. The lowest BCUT2D eigenvalue weighted by Crippen LogP contribution is -2.50. The average Bonchev–Trinajstić information content (AvgIpc) is 3.17. The van der Waals surface area contributed by atoms with E-state index in [4.69, 9.17) is 14.2 Å². The molecule has 0 aliphatic carbocycles. The number of ether oxygens (including phenoxy) is 3. The largest absolute Gasteiger partial charge is 0.477 e. The van der Waals surface area contributed by atoms with Crippen molar-refractivity contribution in [3.63, 3.8) is 0 Å². The third kappa shape index (κ3) is 38.1. The minimum absolute atomic E-state index is 0.0325. The van der Waals surface area contributed by atoms with Gasteiger partial charge in [0.1, 0.15) is 6.61 Å². The second kappa shape index (κ2) is 39.6. The van der Waals surface area contributed by atoms with Crippen LogP contribution in [-0.2, 0) is 28.6 Å². The van der Waals surface area contributed by atoms with E-state index >= 15 is 0 Å². The highest BCUT2D eigenvalue weighted by atomic mass is 16.6. The van der Waals surface area contributed by atoms with Crippen molar-refractivity contribution in [2.45, 2.75) is 180 Å². The van der Waals surface area contributed by atoms with Gasteiger partial charge in [-0.2, -0.15) is 0 Å². The van der Waals surface area contributed by atoms with Crippen LogP contribution in [0.5, 0.6) is 0 Å². The highest BCUT2D eigenvalue weighted by molar-refractivity contribution is 5.72. The van der Waals surface area contributed by atoms with Crippen LogP contribution in [0, 0.1) is 0 Å². The molecule has 0 fully saturated rings. The fraction of sp³-hybridized carbons (Fsp3) is 0.694. The van der Waals surface area contributed by atoms with E-state index in [0.717, 1.165) is 70.6 Å². The summed E-state index contributed by atoms with van der Waals surface area (Å²) in [4.78, 5) is 37.0. The molecule has 0 bridgehead atoms. The first kappa shape index (κ1) is 53.8. The Kier molecular flexibility index (Phi) is 37.3. The topological polar surface area (TPSA) is 99.1 Å². The van der Waals surface area contributed by atoms with Crippen molar-refractivity contribution in [2.24, 2.45) is 0 Å². The molecule has 326 valence electrons. The highest BCUT2D eigenvalue weighted by Gasteiger charge is 2.31. The van der Waals surface area contributed by atoms with Crippen LogP contribution in [0.3, 0.4) is 0 Å². The monoisotopic (exact) mass is 799 g/mol. The number of unbranched alkanes of at least 4 members (excludes halogenated alkanes) is 13. The van der Waals surface area contributed by atoms with Crippen LogP contribution in [0.2, 0.25) is 0 Å². The number of hydrogen-bond acceptors (Lipinski definition) is 6. The van der Waals surface area contributed by atoms with Gasteiger partial charge in [0.15, 0.2) is 12.1 Å². The minimum Gasteiger partial charge on any atom is -0.477 e. The maximum absolute atomic E-state index is 12.7. The van der Waals surface area contributed by atoms with Crippen molar-refractivity contribution in [2.75, 3.05) is 41.0 Å². The predicted molar refractivity (Wildman–Crippen MR) is 238 cm³/mol. The lowest BCUT2D eigenvalue weighted by atomic mass is 10.1. The SMILES string of the molecule is CC/C=C/C/C=C/C/C=C/C/C=C/C/C=C/CCCC(=O)OC(COCCC(C(=O)O)[N+](C)(C)C)COC(=O)CCCCCCC/C=C/CCCCCCCCC. The molecule has 0 radical (unpaired) electrons. The summed E-state index contributed by atoms with van der Waals surface area (Å²) < 4.78 is 17.2. The molecule has 0 amide bonds. The number of carbonyl (C=O) groups is 3. The molecule has 0 saturated carbocycles. The summed E-state index contributed by atoms with van der Waals surface area (Å²) in [7, 11) is 5.50. The Morgan fingerprint density at radius 3 is 1.53 bits per heavy atom. The van der Waals surface area contributed by atoms with E-state index in [9.17, 15) is 19.5 Å². The predicted octanol–water partition coefficient (Wildman–Crippen LogP) is 12.4. The molecular weight excluding hydrogens is 715 g/mol. The normalized spacial score (nSPS) is 13.6. The Balaban J connectivity index is 4.46. The van der Waals surface area contributed by atoms with Gasteiger partial charge in [0.05, 0.1) is 34.4 Å². The van der Waals surface area contributed by atoms with Crippen molar-refractivity contribution >= 4 is 17.9 Å². The van der Waals surface area contributed by atoms with Crippen LogP contribution in [-0.4, -0.2) is 80.6 Å². The fourth-order valence-electron chi connectivity index (χ4n) is 6.12. The van der Waals surface area contributed by atoms with Crippen molar-refractivity contribution in [3.8, 4) is 0 Å². The number of esters is 2. The third-order valence-electron chi connectivity index (χ3n) is 9.59. The van der Waals surface area contributed by atoms with Gasteiger partial charge in [-0.1, -0.05) is 145 Å². The van der Waals surface area contributed by atoms with Gasteiger partial charge in [0.25, 0.3) is 0 Å². The van der Waals surface area contributed by atoms with Gasteiger partial charge >= 0.3 is 17.9 Å². The Morgan fingerprint density at radius 1 is 0.544 bits per heavy atom. The lowest BCUT2D eigenvalue weighted by molar-refractivity contribution is -0.887. The molecule has 0 aromatic rings. The molecule has 0 rings (SSSR count). The molecule has 0 aromatic carbocycles. The van der Waals surface area contributed by atoms with Gasteiger partial charge in [0.2, 0.25) is 0 Å². The van der Waals surface area contributed by atoms with Crippen LogP contribution in [0.15, 0.2) is 72.9 Å². The van der Waals surface area contributed by atoms with E-state index in [1.807, 2.05) is 21.1 Å². The third-order valence-corrected chi connectivity index (χ3v) is 9.59. The van der Waals surface area contributed by atoms with E-state index in [0.29, 0.717) is 19.3 Å². The summed E-state index contributed by atoms with van der Waals surface area (Å²) in [5.74, 6) is -1.56. The van der Waals surface area contributed by atoms with Crippen LogP contribution >= 0.6 is 0 Å². The summed E-state index contributed by atoms with van der Waals surface area (Å²) in [6.45, 7) is 4.54. The molecule has 2 unspecified atom stereocenters. The zero-order valence-corrected chi connectivity index (χ0v) is 37.0. The van der Waals surface area contributed by atoms with Gasteiger partial charge in [-0.3, -0.25) is 9.59 Å². The first-order chi connectivity index (χ1) is 27.6. The van der Waals surface area contributed by atoms with Gasteiger partial charge < -0.3 is 23.8 Å². The molecule has 0 aliphatic rings. The first-order valence-electron chi connectivity index (χ1n) is 22.5. The second-order valence-corrected chi connectivity index (χ2v) is 15.9. The second-order valence-electron chi connectivity index (χ2n) is 15.9. The number of hydrogen-bond donors (Lipinski definition) is 1. The van der Waals surface area contributed by atoms with Crippen molar-refractivity contribution in [1.29, 1.82) is 0 Å². The number of aliphatic carboxylic acids is 1. The zero-order valence-electron chi connectivity index (χ0n) is 37.0. The van der Waals surface area contributed by atoms with Crippen LogP contribution in [0.1, 0.15) is 168 Å². The molecule has 0 spiro atoms. The molecule has 2 atom stereocenters. The number of carboxylic acid groups (broad SMARTS) is 1. The average molecular weight is 799 g/mol. The van der Waals surface area contributed by atoms with E-state index in [2.05, 4.69) is 86.8 Å². The first-order valence-corrected chi connectivity index (χ1v) is 22.5. The van der Waals surface area contributed by atoms with Crippen LogP contribution in [0.4, 0.5) is 0 Å². The van der Waals surface area contributed by atoms with Gasteiger partial charge in [0, 0.05) is 19.3 Å². The molecule has 0 aliphatic heterocycles. The summed E-state index contributed by atoms with van der Waals surface area (Å²) in [5.41, 5.74) is 0. The summed E-state index contributed by atoms with van der Waals surface area (Å²) >= 11 is 0. The number of rotatable bonds is 39. The highest BCUT2D eigenvalue weighted by Crippen LogP contribution is 2.13. The minimum atomic E-state index is -0.888. The lowest BCUT2D eigenvalue weighted by Gasteiger charge is -2.31. The molecular formula is C49H84NO7+. The van der Waals surface area contributed by atoms with Crippen molar-refractivity contribution in [1.82, 2.24) is 0 Å². The number of carbonyl (C=O) groups excluding carboxylic acids is 2. The van der Waals surface area contributed by atoms with Crippen LogP contribution < -0.4 is 0 Å². The number of likely N-dealkylation sites (N-methyl/N-ethyl adjacent to an activating group) is 1. The maximum atomic E-state index is 12.7. The number of allylic oxidation sites excluding steroid dienone is 12. The Hall–Kier alpha value is -3.23. The molecule has 57 heavy (non-hydrogen) atoms. The number of quaternary nitrogens is 1. The molecule has 0 heterocycles.